The minimum Gasteiger partial charge on any atom is -0.507 e. The molecule has 7 N–H and O–H groups in total. The Bertz CT molecular complexity index is 2260. The Hall–Kier alpha value is -5.48. The number of carbonyl (C=O) groups is 3. The molecule has 9 atom stereocenters. The van der Waals surface area contributed by atoms with Crippen LogP contribution in [0, 0.1) is 36.4 Å². The standard InChI is InChI=1S/C46H57FN2O12/c1-22-12-10-13-23(2)45(57)49-36-31(21-48-18-16-29-14-11-15-30(47)20-29)40(54)33-34(41(36)55)39(53)27(6)43-35(33)44(56)46(8,61-43)59-19-17-32(58-9)24(3)42(60-28(7)50)26(5)38(52)25(4)37(22)51/h10-15,17,19-20,22,24-26,32,37-38,42,48,51-55H,16,18,21H2,1-9H3,(H,49,57)/b12-10-,19-17?,23-13-/t22-,24+,25+,26+,32-,37-,38+,42+,46-/m0/s1. The van der Waals surface area contributed by atoms with Crippen molar-refractivity contribution in [1.82, 2.24) is 5.32 Å². The average Bonchev–Trinajstić information content (AvgIpc) is 3.48. The fourth-order valence-electron chi connectivity index (χ4n) is 8.10. The number of anilines is 1. The Kier molecular flexibility index (Phi) is 14.6. The number of allylic oxidation sites excluding steroid dienone is 2. The highest BCUT2D eigenvalue weighted by Crippen LogP contribution is 2.55. The van der Waals surface area contributed by atoms with Crippen molar-refractivity contribution in [2.75, 3.05) is 19.0 Å². The van der Waals surface area contributed by atoms with E-state index in [9.17, 15) is 44.3 Å². The molecule has 0 saturated carbocycles. The molecule has 0 aliphatic carbocycles. The van der Waals surface area contributed by atoms with Crippen LogP contribution in [0.1, 0.15) is 75.5 Å². The van der Waals surface area contributed by atoms with Gasteiger partial charge in [0.05, 0.1) is 41.2 Å². The zero-order valence-corrected chi connectivity index (χ0v) is 35.9. The molecule has 14 nitrogen and oxygen atoms in total. The Morgan fingerprint density at radius 3 is 2.33 bits per heavy atom. The van der Waals surface area contributed by atoms with Gasteiger partial charge >= 0.3 is 11.8 Å². The van der Waals surface area contributed by atoms with Crippen LogP contribution in [0.2, 0.25) is 0 Å². The van der Waals surface area contributed by atoms with Crippen LogP contribution >= 0.6 is 0 Å². The van der Waals surface area contributed by atoms with E-state index < -0.39 is 94.6 Å². The molecular weight excluding hydrogens is 792 g/mol. The van der Waals surface area contributed by atoms with Crippen LogP contribution in [0.3, 0.4) is 0 Å². The second-order valence-corrected chi connectivity index (χ2v) is 16.2. The second-order valence-electron chi connectivity index (χ2n) is 16.2. The fraction of sp³-hybridized carbons (Fsp3) is 0.457. The van der Waals surface area contributed by atoms with E-state index in [1.54, 1.807) is 52.0 Å². The number of fused-ring (bicyclic) bond motifs is 14. The molecule has 0 saturated heterocycles. The maximum absolute atomic E-state index is 14.4. The van der Waals surface area contributed by atoms with Crippen molar-refractivity contribution >= 4 is 34.1 Å². The number of hydrogen-bond donors (Lipinski definition) is 7. The number of esters is 1. The Balaban J connectivity index is 1.66. The first kappa shape index (κ1) is 46.6. The molecule has 330 valence electrons. The lowest BCUT2D eigenvalue weighted by Gasteiger charge is -2.38. The number of methoxy groups -OCH3 is 1. The van der Waals surface area contributed by atoms with Crippen molar-refractivity contribution in [3.63, 3.8) is 0 Å². The van der Waals surface area contributed by atoms with Gasteiger partial charge in [0.15, 0.2) is 5.75 Å². The van der Waals surface area contributed by atoms with Gasteiger partial charge in [-0.1, -0.05) is 58.1 Å². The number of carbonyl (C=O) groups excluding carboxylic acids is 3. The zero-order chi connectivity index (χ0) is 45.1. The highest BCUT2D eigenvalue weighted by molar-refractivity contribution is 6.22. The summed E-state index contributed by atoms with van der Waals surface area (Å²) in [6, 6.07) is 6.06. The number of rotatable bonds is 7. The van der Waals surface area contributed by atoms with Crippen molar-refractivity contribution in [2.24, 2.45) is 23.7 Å². The van der Waals surface area contributed by atoms with E-state index in [0.717, 1.165) is 0 Å². The fourth-order valence-corrected chi connectivity index (χ4v) is 8.10. The third-order valence-corrected chi connectivity index (χ3v) is 11.9. The van der Waals surface area contributed by atoms with Crippen LogP contribution in [-0.4, -0.2) is 87.0 Å². The monoisotopic (exact) mass is 848 g/mol. The number of benzene rings is 3. The number of halogens is 1. The number of nitrogens with one attached hydrogen (secondary N) is 2. The van der Waals surface area contributed by atoms with Crippen molar-refractivity contribution in [1.29, 1.82) is 0 Å². The van der Waals surface area contributed by atoms with E-state index in [2.05, 4.69) is 10.6 Å². The number of ketones is 1. The number of aliphatic hydroxyl groups is 2. The number of hydrogen-bond acceptors (Lipinski definition) is 13. The third kappa shape index (κ3) is 9.55. The van der Waals surface area contributed by atoms with Gasteiger partial charge in [-0.15, -0.1) is 0 Å². The molecule has 6 rings (SSSR count). The smallest absolute Gasteiger partial charge is 0.312 e. The predicted octanol–water partition coefficient (Wildman–Crippen LogP) is 6.23. The van der Waals surface area contributed by atoms with E-state index in [1.165, 1.54) is 65.4 Å². The van der Waals surface area contributed by atoms with Crippen molar-refractivity contribution < 1.29 is 63.3 Å². The number of aromatic hydroxyl groups is 3. The van der Waals surface area contributed by atoms with Gasteiger partial charge in [-0.05, 0) is 50.6 Å². The molecule has 1 amide bonds. The number of Topliss-reactive ketones (excluding diaryl/α,β-unsaturated/α-hetero) is 1. The number of amides is 1. The van der Waals surface area contributed by atoms with Crippen molar-refractivity contribution in [3.8, 4) is 23.0 Å². The summed E-state index contributed by atoms with van der Waals surface area (Å²) in [5.41, 5.74) is 0.434. The van der Waals surface area contributed by atoms with E-state index in [1.807, 2.05) is 0 Å². The molecule has 3 aromatic carbocycles. The zero-order valence-electron chi connectivity index (χ0n) is 35.9. The molecule has 3 aliphatic heterocycles. The van der Waals surface area contributed by atoms with Gasteiger partial charge in [-0.2, -0.15) is 0 Å². The molecule has 0 fully saturated rings. The van der Waals surface area contributed by atoms with E-state index in [4.69, 9.17) is 18.9 Å². The summed E-state index contributed by atoms with van der Waals surface area (Å²) in [5, 5.41) is 63.7. The summed E-state index contributed by atoms with van der Waals surface area (Å²) in [5.74, 6) is -8.86. The highest BCUT2D eigenvalue weighted by atomic mass is 19.1. The predicted molar refractivity (Wildman–Crippen MR) is 226 cm³/mol. The molecule has 0 radical (unpaired) electrons. The van der Waals surface area contributed by atoms with Crippen molar-refractivity contribution in [2.45, 2.75) is 98.6 Å². The van der Waals surface area contributed by atoms with Gasteiger partial charge in [0.1, 0.15) is 29.2 Å². The van der Waals surface area contributed by atoms with Gasteiger partial charge in [0.2, 0.25) is 0 Å². The minimum absolute atomic E-state index is 0.0270. The summed E-state index contributed by atoms with van der Waals surface area (Å²) in [7, 11) is 1.43. The van der Waals surface area contributed by atoms with E-state index >= 15 is 0 Å². The van der Waals surface area contributed by atoms with Crippen LogP contribution in [0.25, 0.3) is 10.8 Å². The van der Waals surface area contributed by atoms with Crippen molar-refractivity contribution in [3.05, 3.63) is 88.5 Å². The van der Waals surface area contributed by atoms with Crippen LogP contribution in [0.5, 0.6) is 23.0 Å². The lowest BCUT2D eigenvalue weighted by Crippen LogP contribution is -2.46. The third-order valence-electron chi connectivity index (χ3n) is 11.9. The summed E-state index contributed by atoms with van der Waals surface area (Å²) in [4.78, 5) is 40.5. The molecule has 0 unspecified atom stereocenters. The second kappa shape index (κ2) is 19.1. The molecule has 3 aliphatic rings. The molecular formula is C46H57FN2O12. The summed E-state index contributed by atoms with van der Waals surface area (Å²) < 4.78 is 37.4. The van der Waals surface area contributed by atoms with Crippen LogP contribution in [-0.2, 0) is 36.8 Å². The highest BCUT2D eigenvalue weighted by Gasteiger charge is 2.50. The normalized spacial score (nSPS) is 28.8. The first-order chi connectivity index (χ1) is 28.7. The van der Waals surface area contributed by atoms with Crippen LogP contribution in [0.15, 0.2) is 60.4 Å². The van der Waals surface area contributed by atoms with Crippen LogP contribution < -0.4 is 15.4 Å². The number of phenolic OH excluding ortho intramolecular Hbond substituents is 3. The Morgan fingerprint density at radius 1 is 0.967 bits per heavy atom. The SMILES string of the molecule is CO[C@H]1C=CO[C@@]2(C)Oc3c(C)c(O)c4c(O)c(c(CNCCc5cccc(F)c5)c(O)c4c3C2=O)NC(=O)/C(C)=C\C=C/[C@H](C)[C@H](O)[C@@H](C)[C@@H](O)[C@@H](C)[C@H](OC(C)=O)[C@@H]1C. The molecule has 3 aromatic rings. The van der Waals surface area contributed by atoms with E-state index in [-0.39, 0.29) is 57.6 Å². The number of phenols is 3. The van der Waals surface area contributed by atoms with Gasteiger partial charge in [0, 0.05) is 73.3 Å². The molecule has 5 bridgehead atoms. The Morgan fingerprint density at radius 2 is 1.67 bits per heavy atom. The minimum atomic E-state index is -2.06. The molecule has 0 aromatic heterocycles. The summed E-state index contributed by atoms with van der Waals surface area (Å²) in [6.45, 7) is 12.5. The number of aliphatic hydroxyl groups excluding tert-OH is 2. The summed E-state index contributed by atoms with van der Waals surface area (Å²) >= 11 is 0. The first-order valence-corrected chi connectivity index (χ1v) is 20.3. The first-order valence-electron chi connectivity index (χ1n) is 20.3. The molecule has 3 heterocycles. The Labute approximate surface area is 354 Å². The molecule has 0 spiro atoms. The quantitative estimate of drug-likeness (QED) is 0.0609. The maximum Gasteiger partial charge on any atom is 0.312 e. The van der Waals surface area contributed by atoms with Crippen LogP contribution in [0.4, 0.5) is 10.1 Å². The van der Waals surface area contributed by atoms with E-state index in [0.29, 0.717) is 12.0 Å². The summed E-state index contributed by atoms with van der Waals surface area (Å²) in [6.07, 6.45) is 3.83. The van der Waals surface area contributed by atoms with Gasteiger partial charge in [-0.25, -0.2) is 4.39 Å². The largest absolute Gasteiger partial charge is 0.507 e. The lowest BCUT2D eigenvalue weighted by atomic mass is 9.78. The molecule has 15 heteroatoms. The maximum atomic E-state index is 14.4. The topological polar surface area (TPSA) is 213 Å². The lowest BCUT2D eigenvalue weighted by molar-refractivity contribution is -0.160. The van der Waals surface area contributed by atoms with Gasteiger partial charge in [-0.3, -0.25) is 14.4 Å². The average molecular weight is 849 g/mol. The number of ether oxygens (including phenoxy) is 4. The molecule has 61 heavy (non-hydrogen) atoms. The van der Waals surface area contributed by atoms with Gasteiger partial charge < -0.3 is 55.1 Å². The van der Waals surface area contributed by atoms with Gasteiger partial charge in [0.25, 0.3) is 11.7 Å².